The minimum Gasteiger partial charge on any atom is -0.357 e. The molecule has 6 heteroatoms. The number of benzene rings is 1. The van der Waals surface area contributed by atoms with Gasteiger partial charge in [0.1, 0.15) is 0 Å². The molecule has 1 aliphatic heterocycles. The molecule has 0 spiro atoms. The van der Waals surface area contributed by atoms with Crippen molar-refractivity contribution in [3.8, 4) is 0 Å². The Balaban J connectivity index is 1.65. The molecule has 1 amide bonds. The Morgan fingerprint density at radius 1 is 1.44 bits per heavy atom. The summed E-state index contributed by atoms with van der Waals surface area (Å²) in [5.41, 5.74) is 1.55. The van der Waals surface area contributed by atoms with E-state index in [1.807, 2.05) is 7.05 Å². The minimum absolute atomic E-state index is 0.186. The average Bonchev–Trinajstić information content (AvgIpc) is 3.38. The molecule has 2 aliphatic rings. The van der Waals surface area contributed by atoms with Crippen LogP contribution in [0.4, 0.5) is 0 Å². The van der Waals surface area contributed by atoms with E-state index >= 15 is 0 Å². The van der Waals surface area contributed by atoms with Gasteiger partial charge in [-0.2, -0.15) is 0 Å². The Morgan fingerprint density at radius 3 is 2.88 bits per heavy atom. The van der Waals surface area contributed by atoms with Crippen molar-refractivity contribution >= 4 is 27.8 Å². The van der Waals surface area contributed by atoms with Gasteiger partial charge in [0.15, 0.2) is 5.96 Å². The highest BCUT2D eigenvalue weighted by atomic mass is 79.9. The van der Waals surface area contributed by atoms with Crippen molar-refractivity contribution in [2.24, 2.45) is 4.99 Å². The highest BCUT2D eigenvalue weighted by Gasteiger charge is 2.44. The standard InChI is InChI=1S/C19H27BrN4O/c1-3-21-18(23-16-7-8-17(25)24(2)12-16)22-13-19(9-10-19)14-5-4-6-15(20)11-14/h4-6,11,16H,3,7-10,12-13H2,1-2H3,(H2,21,22,23). The number of hydrogen-bond acceptors (Lipinski definition) is 2. The molecule has 0 aromatic heterocycles. The second-order valence-electron chi connectivity index (χ2n) is 7.14. The van der Waals surface area contributed by atoms with Crippen LogP contribution in [-0.4, -0.2) is 49.5 Å². The van der Waals surface area contributed by atoms with Gasteiger partial charge in [-0.1, -0.05) is 28.1 Å². The predicted molar refractivity (Wildman–Crippen MR) is 105 cm³/mol. The Kier molecular flexibility index (Phi) is 5.67. The van der Waals surface area contributed by atoms with Crippen LogP contribution in [0.2, 0.25) is 0 Å². The molecule has 25 heavy (non-hydrogen) atoms. The molecule has 5 nitrogen and oxygen atoms in total. The van der Waals surface area contributed by atoms with Gasteiger partial charge in [0.2, 0.25) is 5.91 Å². The van der Waals surface area contributed by atoms with Crippen LogP contribution in [0.1, 0.15) is 38.2 Å². The first-order valence-corrected chi connectivity index (χ1v) is 9.86. The van der Waals surface area contributed by atoms with E-state index in [4.69, 9.17) is 4.99 Å². The first-order chi connectivity index (χ1) is 12.0. The summed E-state index contributed by atoms with van der Waals surface area (Å²) in [7, 11) is 1.87. The molecule has 1 unspecified atom stereocenters. The van der Waals surface area contributed by atoms with Gasteiger partial charge in [-0.25, -0.2) is 0 Å². The summed E-state index contributed by atoms with van der Waals surface area (Å²) in [6, 6.07) is 8.85. The van der Waals surface area contributed by atoms with Gasteiger partial charge in [0.25, 0.3) is 0 Å². The number of halogens is 1. The fraction of sp³-hybridized carbons (Fsp3) is 0.579. The van der Waals surface area contributed by atoms with Crippen LogP contribution in [0.5, 0.6) is 0 Å². The first-order valence-electron chi connectivity index (χ1n) is 9.07. The van der Waals surface area contributed by atoms with Crippen molar-refractivity contribution in [3.05, 3.63) is 34.3 Å². The van der Waals surface area contributed by atoms with Crippen LogP contribution < -0.4 is 10.6 Å². The molecule has 1 aliphatic carbocycles. The summed E-state index contributed by atoms with van der Waals surface area (Å²) in [5.74, 6) is 1.09. The fourth-order valence-corrected chi connectivity index (χ4v) is 3.78. The van der Waals surface area contributed by atoms with E-state index in [9.17, 15) is 4.79 Å². The summed E-state index contributed by atoms with van der Waals surface area (Å²) in [6.07, 6.45) is 3.85. The predicted octanol–water partition coefficient (Wildman–Crippen LogP) is 2.66. The smallest absolute Gasteiger partial charge is 0.222 e. The van der Waals surface area contributed by atoms with Gasteiger partial charge >= 0.3 is 0 Å². The maximum Gasteiger partial charge on any atom is 0.222 e. The number of nitrogens with zero attached hydrogens (tertiary/aromatic N) is 2. The molecular formula is C19H27BrN4O. The van der Waals surface area contributed by atoms with E-state index in [-0.39, 0.29) is 17.4 Å². The Labute approximate surface area is 158 Å². The Morgan fingerprint density at radius 2 is 2.24 bits per heavy atom. The molecule has 1 atom stereocenters. The van der Waals surface area contributed by atoms with Gasteiger partial charge in [0.05, 0.1) is 6.54 Å². The largest absolute Gasteiger partial charge is 0.357 e. The summed E-state index contributed by atoms with van der Waals surface area (Å²) in [5, 5.41) is 6.85. The molecule has 1 saturated heterocycles. The molecule has 1 heterocycles. The monoisotopic (exact) mass is 406 g/mol. The lowest BCUT2D eigenvalue weighted by Crippen LogP contribution is -2.51. The van der Waals surface area contributed by atoms with E-state index in [0.29, 0.717) is 6.42 Å². The lowest BCUT2D eigenvalue weighted by atomic mass is 9.96. The Hall–Kier alpha value is -1.56. The lowest BCUT2D eigenvalue weighted by molar-refractivity contribution is -0.132. The van der Waals surface area contributed by atoms with Crippen molar-refractivity contribution in [2.45, 2.75) is 44.1 Å². The van der Waals surface area contributed by atoms with Crippen LogP contribution in [0, 0.1) is 0 Å². The summed E-state index contributed by atoms with van der Waals surface area (Å²) in [4.78, 5) is 18.3. The summed E-state index contributed by atoms with van der Waals surface area (Å²) < 4.78 is 1.13. The molecule has 1 aromatic rings. The van der Waals surface area contributed by atoms with Crippen molar-refractivity contribution in [2.75, 3.05) is 26.7 Å². The first kappa shape index (κ1) is 18.2. The normalized spacial score (nSPS) is 22.7. The zero-order valence-electron chi connectivity index (χ0n) is 15.0. The number of hydrogen-bond donors (Lipinski definition) is 2. The maximum atomic E-state index is 11.6. The third kappa shape index (κ3) is 4.54. The number of guanidine groups is 1. The topological polar surface area (TPSA) is 56.7 Å². The number of carbonyl (C=O) groups is 1. The lowest BCUT2D eigenvalue weighted by Gasteiger charge is -2.31. The van der Waals surface area contributed by atoms with Crippen LogP contribution in [0.3, 0.4) is 0 Å². The van der Waals surface area contributed by atoms with Crippen molar-refractivity contribution in [3.63, 3.8) is 0 Å². The highest BCUT2D eigenvalue weighted by Crippen LogP contribution is 2.48. The number of likely N-dealkylation sites (N-methyl/N-ethyl adjacent to an activating group) is 1. The van der Waals surface area contributed by atoms with Gasteiger partial charge in [-0.05, 0) is 43.9 Å². The average molecular weight is 407 g/mol. The van der Waals surface area contributed by atoms with Gasteiger partial charge in [0, 0.05) is 42.5 Å². The number of likely N-dealkylation sites (tertiary alicyclic amines) is 1. The quantitative estimate of drug-likeness (QED) is 0.583. The summed E-state index contributed by atoms with van der Waals surface area (Å²) >= 11 is 3.57. The number of carbonyl (C=O) groups excluding carboxylic acids is 1. The second kappa shape index (κ2) is 7.77. The summed E-state index contributed by atoms with van der Waals surface area (Å²) in [6.45, 7) is 4.44. The van der Waals surface area contributed by atoms with Crippen molar-refractivity contribution in [1.29, 1.82) is 0 Å². The van der Waals surface area contributed by atoms with Gasteiger partial charge in [-0.15, -0.1) is 0 Å². The molecule has 3 rings (SSSR count). The van der Waals surface area contributed by atoms with E-state index < -0.39 is 0 Å². The van der Waals surface area contributed by atoms with E-state index in [0.717, 1.165) is 36.5 Å². The molecule has 2 fully saturated rings. The third-order valence-corrected chi connectivity index (χ3v) is 5.64. The molecule has 2 N–H and O–H groups in total. The van der Waals surface area contributed by atoms with Crippen molar-refractivity contribution in [1.82, 2.24) is 15.5 Å². The Bertz CT molecular complexity index is 657. The number of aliphatic imine (C=N–C) groups is 1. The molecular weight excluding hydrogens is 380 g/mol. The molecule has 0 radical (unpaired) electrons. The van der Waals surface area contributed by atoms with Crippen LogP contribution >= 0.6 is 15.9 Å². The second-order valence-corrected chi connectivity index (χ2v) is 8.06. The van der Waals surface area contributed by atoms with E-state index in [1.54, 1.807) is 4.90 Å². The van der Waals surface area contributed by atoms with E-state index in [2.05, 4.69) is 57.8 Å². The fourth-order valence-electron chi connectivity index (χ4n) is 3.38. The third-order valence-electron chi connectivity index (χ3n) is 5.14. The highest BCUT2D eigenvalue weighted by molar-refractivity contribution is 9.10. The van der Waals surface area contributed by atoms with Crippen LogP contribution in [0.15, 0.2) is 33.7 Å². The number of piperidine rings is 1. The van der Waals surface area contributed by atoms with Crippen molar-refractivity contribution < 1.29 is 4.79 Å². The number of nitrogens with one attached hydrogen (secondary N) is 2. The zero-order valence-corrected chi connectivity index (χ0v) is 16.6. The zero-order chi connectivity index (χ0) is 17.9. The molecule has 1 aromatic carbocycles. The number of amides is 1. The van der Waals surface area contributed by atoms with Crippen LogP contribution in [0.25, 0.3) is 0 Å². The van der Waals surface area contributed by atoms with E-state index in [1.165, 1.54) is 18.4 Å². The number of rotatable bonds is 5. The SMILES string of the molecule is CCNC(=NCC1(c2cccc(Br)c2)CC1)NC1CCC(=O)N(C)C1. The van der Waals surface area contributed by atoms with Crippen LogP contribution in [-0.2, 0) is 10.2 Å². The molecule has 136 valence electrons. The molecule has 0 bridgehead atoms. The minimum atomic E-state index is 0.186. The molecule has 1 saturated carbocycles. The van der Waals surface area contributed by atoms with Gasteiger partial charge < -0.3 is 15.5 Å². The van der Waals surface area contributed by atoms with Gasteiger partial charge in [-0.3, -0.25) is 9.79 Å². The maximum absolute atomic E-state index is 11.6.